The number of aromatic nitrogens is 1. The summed E-state index contributed by atoms with van der Waals surface area (Å²) in [5, 5.41) is 9.76. The summed E-state index contributed by atoms with van der Waals surface area (Å²) in [5.74, 6) is 0.453. The van der Waals surface area contributed by atoms with E-state index in [0.717, 1.165) is 31.6 Å². The highest BCUT2D eigenvalue weighted by Crippen LogP contribution is 2.26. The maximum atomic E-state index is 9.76. The Labute approximate surface area is 97.1 Å². The van der Waals surface area contributed by atoms with Crippen molar-refractivity contribution in [2.45, 2.75) is 31.9 Å². The molecule has 0 aromatic carbocycles. The van der Waals surface area contributed by atoms with E-state index in [-0.39, 0.29) is 6.10 Å². The number of pyridine rings is 1. The summed E-state index contributed by atoms with van der Waals surface area (Å²) in [6.07, 6.45) is 5.04. The molecule has 1 fully saturated rings. The molecular formula is C13H20N2O. The van der Waals surface area contributed by atoms with Gasteiger partial charge in [0.2, 0.25) is 0 Å². The Morgan fingerprint density at radius 3 is 2.94 bits per heavy atom. The van der Waals surface area contributed by atoms with Crippen LogP contribution in [0.15, 0.2) is 24.4 Å². The lowest BCUT2D eigenvalue weighted by atomic mass is 10.1. The van der Waals surface area contributed by atoms with E-state index in [0.29, 0.717) is 5.92 Å². The van der Waals surface area contributed by atoms with Crippen LogP contribution in [0, 0.1) is 5.92 Å². The lowest BCUT2D eigenvalue weighted by Crippen LogP contribution is -2.29. The largest absolute Gasteiger partial charge is 0.393 e. The average Bonchev–Trinajstić information content (AvgIpc) is 2.66. The Kier molecular flexibility index (Phi) is 3.91. The maximum Gasteiger partial charge on any atom is 0.0580 e. The van der Waals surface area contributed by atoms with Crippen molar-refractivity contribution in [3.63, 3.8) is 0 Å². The van der Waals surface area contributed by atoms with Crippen LogP contribution >= 0.6 is 0 Å². The van der Waals surface area contributed by atoms with Gasteiger partial charge in [-0.25, -0.2) is 0 Å². The predicted octanol–water partition coefficient (Wildman–Crippen LogP) is 1.67. The molecule has 1 aliphatic carbocycles. The van der Waals surface area contributed by atoms with Gasteiger partial charge in [-0.05, 0) is 37.9 Å². The van der Waals surface area contributed by atoms with Crippen LogP contribution in [0.1, 0.15) is 25.0 Å². The number of hydrogen-bond acceptors (Lipinski definition) is 3. The standard InChI is InChI=1S/C13H20N2O/c1-15(9-11-5-4-7-13(11)16)10-12-6-2-3-8-14-12/h2-3,6,8,11,13,16H,4-5,7,9-10H2,1H3. The van der Waals surface area contributed by atoms with Crippen molar-refractivity contribution in [1.29, 1.82) is 0 Å². The van der Waals surface area contributed by atoms with Gasteiger partial charge in [-0.15, -0.1) is 0 Å². The van der Waals surface area contributed by atoms with E-state index in [1.54, 1.807) is 0 Å². The molecule has 1 saturated carbocycles. The summed E-state index contributed by atoms with van der Waals surface area (Å²) >= 11 is 0. The fourth-order valence-electron chi connectivity index (χ4n) is 2.46. The van der Waals surface area contributed by atoms with E-state index in [2.05, 4.69) is 16.9 Å². The van der Waals surface area contributed by atoms with Crippen molar-refractivity contribution >= 4 is 0 Å². The molecule has 0 spiro atoms. The van der Waals surface area contributed by atoms with Gasteiger partial charge in [0.05, 0.1) is 11.8 Å². The molecule has 0 amide bonds. The quantitative estimate of drug-likeness (QED) is 0.838. The minimum absolute atomic E-state index is 0.0915. The highest BCUT2D eigenvalue weighted by Gasteiger charge is 2.25. The van der Waals surface area contributed by atoms with Gasteiger partial charge in [-0.1, -0.05) is 12.5 Å². The van der Waals surface area contributed by atoms with Gasteiger partial charge in [-0.2, -0.15) is 0 Å². The molecule has 1 aromatic rings. The van der Waals surface area contributed by atoms with Crippen LogP contribution in [0.3, 0.4) is 0 Å². The molecule has 1 N–H and O–H groups in total. The Balaban J connectivity index is 1.82. The molecule has 3 heteroatoms. The van der Waals surface area contributed by atoms with Crippen molar-refractivity contribution in [3.8, 4) is 0 Å². The molecule has 0 aliphatic heterocycles. The van der Waals surface area contributed by atoms with Gasteiger partial charge in [0.1, 0.15) is 0 Å². The lowest BCUT2D eigenvalue weighted by Gasteiger charge is -2.22. The number of nitrogens with zero attached hydrogens (tertiary/aromatic N) is 2. The van der Waals surface area contributed by atoms with Gasteiger partial charge in [0.15, 0.2) is 0 Å². The summed E-state index contributed by atoms with van der Waals surface area (Å²) < 4.78 is 0. The maximum absolute atomic E-state index is 9.76. The second-order valence-electron chi connectivity index (χ2n) is 4.78. The third kappa shape index (κ3) is 3.03. The first-order valence-corrected chi connectivity index (χ1v) is 6.02. The molecule has 0 radical (unpaired) electrons. The summed E-state index contributed by atoms with van der Waals surface area (Å²) in [7, 11) is 2.10. The minimum Gasteiger partial charge on any atom is -0.393 e. The summed E-state index contributed by atoms with van der Waals surface area (Å²) in [4.78, 5) is 6.56. The van der Waals surface area contributed by atoms with Crippen molar-refractivity contribution in [2.75, 3.05) is 13.6 Å². The van der Waals surface area contributed by atoms with E-state index in [9.17, 15) is 5.11 Å². The van der Waals surface area contributed by atoms with Gasteiger partial charge < -0.3 is 10.0 Å². The van der Waals surface area contributed by atoms with Crippen molar-refractivity contribution in [3.05, 3.63) is 30.1 Å². The number of aliphatic hydroxyl groups is 1. The fourth-order valence-corrected chi connectivity index (χ4v) is 2.46. The zero-order valence-electron chi connectivity index (χ0n) is 9.84. The van der Waals surface area contributed by atoms with Gasteiger partial charge >= 0.3 is 0 Å². The third-order valence-corrected chi connectivity index (χ3v) is 3.32. The Bertz CT molecular complexity index is 315. The second kappa shape index (κ2) is 5.41. The number of rotatable bonds is 4. The molecule has 3 nitrogen and oxygen atoms in total. The van der Waals surface area contributed by atoms with Gasteiger partial charge in [0, 0.05) is 19.3 Å². The molecule has 0 bridgehead atoms. The van der Waals surface area contributed by atoms with Crippen LogP contribution in [-0.2, 0) is 6.54 Å². The van der Waals surface area contributed by atoms with Crippen molar-refractivity contribution < 1.29 is 5.11 Å². The molecule has 2 atom stereocenters. The normalized spacial score (nSPS) is 25.2. The molecule has 0 saturated heterocycles. The van der Waals surface area contributed by atoms with Crippen LogP contribution in [0.4, 0.5) is 0 Å². The first kappa shape index (κ1) is 11.6. The van der Waals surface area contributed by atoms with Crippen LogP contribution < -0.4 is 0 Å². The topological polar surface area (TPSA) is 36.4 Å². The van der Waals surface area contributed by atoms with Crippen LogP contribution in [0.25, 0.3) is 0 Å². The van der Waals surface area contributed by atoms with Gasteiger partial charge in [0.25, 0.3) is 0 Å². The zero-order chi connectivity index (χ0) is 11.4. The summed E-state index contributed by atoms with van der Waals surface area (Å²) in [5.41, 5.74) is 1.09. The molecular weight excluding hydrogens is 200 g/mol. The monoisotopic (exact) mass is 220 g/mol. The molecule has 1 aliphatic rings. The first-order chi connectivity index (χ1) is 7.75. The van der Waals surface area contributed by atoms with Crippen molar-refractivity contribution in [2.24, 2.45) is 5.92 Å². The van der Waals surface area contributed by atoms with Crippen LogP contribution in [-0.4, -0.2) is 34.7 Å². The molecule has 1 aromatic heterocycles. The van der Waals surface area contributed by atoms with Crippen LogP contribution in [0.2, 0.25) is 0 Å². The zero-order valence-corrected chi connectivity index (χ0v) is 9.84. The predicted molar refractivity (Wildman–Crippen MR) is 63.9 cm³/mol. The molecule has 2 unspecified atom stereocenters. The minimum atomic E-state index is -0.0915. The Morgan fingerprint density at radius 2 is 2.31 bits per heavy atom. The highest BCUT2D eigenvalue weighted by molar-refractivity contribution is 5.03. The summed E-state index contributed by atoms with van der Waals surface area (Å²) in [6, 6.07) is 5.99. The second-order valence-corrected chi connectivity index (χ2v) is 4.78. The third-order valence-electron chi connectivity index (χ3n) is 3.32. The molecule has 88 valence electrons. The number of hydrogen-bond donors (Lipinski definition) is 1. The van der Waals surface area contributed by atoms with E-state index < -0.39 is 0 Å². The number of aliphatic hydroxyl groups excluding tert-OH is 1. The van der Waals surface area contributed by atoms with Gasteiger partial charge in [-0.3, -0.25) is 4.98 Å². The fraction of sp³-hybridized carbons (Fsp3) is 0.615. The molecule has 16 heavy (non-hydrogen) atoms. The SMILES string of the molecule is CN(Cc1ccccn1)CC1CCCC1O. The Morgan fingerprint density at radius 1 is 1.44 bits per heavy atom. The molecule has 2 rings (SSSR count). The summed E-state index contributed by atoms with van der Waals surface area (Å²) in [6.45, 7) is 1.84. The highest BCUT2D eigenvalue weighted by atomic mass is 16.3. The van der Waals surface area contributed by atoms with E-state index in [4.69, 9.17) is 0 Å². The van der Waals surface area contributed by atoms with Crippen LogP contribution in [0.5, 0.6) is 0 Å². The van der Waals surface area contributed by atoms with E-state index in [1.807, 2.05) is 24.4 Å². The lowest BCUT2D eigenvalue weighted by molar-refractivity contribution is 0.107. The van der Waals surface area contributed by atoms with E-state index in [1.165, 1.54) is 6.42 Å². The molecule has 1 heterocycles. The smallest absolute Gasteiger partial charge is 0.0580 e. The Hall–Kier alpha value is -0.930. The average molecular weight is 220 g/mol. The van der Waals surface area contributed by atoms with E-state index >= 15 is 0 Å². The first-order valence-electron chi connectivity index (χ1n) is 6.02. The van der Waals surface area contributed by atoms with Crippen molar-refractivity contribution in [1.82, 2.24) is 9.88 Å².